The predicted molar refractivity (Wildman–Crippen MR) is 56.1 cm³/mol. The highest BCUT2D eigenvalue weighted by Crippen LogP contribution is 2.11. The van der Waals surface area contributed by atoms with Gasteiger partial charge in [0.1, 0.15) is 0 Å². The summed E-state index contributed by atoms with van der Waals surface area (Å²) in [5.74, 6) is -0.497. The summed E-state index contributed by atoms with van der Waals surface area (Å²) in [4.78, 5) is 11.4. The molecule has 4 heteroatoms. The molecule has 0 fully saturated rings. The summed E-state index contributed by atoms with van der Waals surface area (Å²) in [6.07, 6.45) is -1.18. The highest BCUT2D eigenvalue weighted by Gasteiger charge is 2.17. The number of nitrogens with one attached hydrogen (secondary N) is 1. The first-order valence-corrected chi connectivity index (χ1v) is 4.79. The van der Waals surface area contributed by atoms with Crippen molar-refractivity contribution in [1.82, 2.24) is 5.32 Å². The van der Waals surface area contributed by atoms with Crippen LogP contribution in [0, 0.1) is 0 Å². The standard InChI is InChI=1S/C11H15NO3/c1-8(7-13)12-11(15)10(14)9-5-3-2-4-6-9/h2-6,8,10,13-14H,7H2,1H3,(H,12,15)/t8-,10-/m0/s1. The Kier molecular flexibility index (Phi) is 4.27. The largest absolute Gasteiger partial charge is 0.394 e. The van der Waals surface area contributed by atoms with Crippen molar-refractivity contribution in [3.8, 4) is 0 Å². The Hall–Kier alpha value is -1.39. The molecule has 4 nitrogen and oxygen atoms in total. The van der Waals surface area contributed by atoms with E-state index in [0.717, 1.165) is 0 Å². The van der Waals surface area contributed by atoms with Gasteiger partial charge >= 0.3 is 0 Å². The number of rotatable bonds is 4. The van der Waals surface area contributed by atoms with Crippen LogP contribution in [0.5, 0.6) is 0 Å². The van der Waals surface area contributed by atoms with Crippen LogP contribution < -0.4 is 5.32 Å². The van der Waals surface area contributed by atoms with Gasteiger partial charge in [-0.15, -0.1) is 0 Å². The predicted octanol–water partition coefficient (Wildman–Crippen LogP) is 0.217. The maximum Gasteiger partial charge on any atom is 0.253 e. The van der Waals surface area contributed by atoms with E-state index in [0.29, 0.717) is 5.56 Å². The second-order valence-electron chi connectivity index (χ2n) is 3.41. The fraction of sp³-hybridized carbons (Fsp3) is 0.364. The zero-order valence-electron chi connectivity index (χ0n) is 8.55. The van der Waals surface area contributed by atoms with Gasteiger partial charge in [-0.3, -0.25) is 4.79 Å². The molecular formula is C11H15NO3. The lowest BCUT2D eigenvalue weighted by molar-refractivity contribution is -0.130. The van der Waals surface area contributed by atoms with Gasteiger partial charge in [0.15, 0.2) is 6.10 Å². The molecule has 0 bridgehead atoms. The lowest BCUT2D eigenvalue weighted by Crippen LogP contribution is -2.38. The van der Waals surface area contributed by atoms with E-state index in [4.69, 9.17) is 5.11 Å². The summed E-state index contributed by atoms with van der Waals surface area (Å²) in [7, 11) is 0. The normalized spacial score (nSPS) is 14.3. The minimum atomic E-state index is -1.18. The summed E-state index contributed by atoms with van der Waals surface area (Å²) in [6.45, 7) is 1.52. The van der Waals surface area contributed by atoms with E-state index in [1.165, 1.54) is 0 Å². The van der Waals surface area contributed by atoms with Crippen molar-refractivity contribution < 1.29 is 15.0 Å². The van der Waals surface area contributed by atoms with Crippen LogP contribution in [0.25, 0.3) is 0 Å². The highest BCUT2D eigenvalue weighted by atomic mass is 16.3. The molecule has 1 aromatic carbocycles. The van der Waals surface area contributed by atoms with E-state index >= 15 is 0 Å². The molecule has 1 aromatic rings. The molecule has 0 unspecified atom stereocenters. The molecule has 1 amide bonds. The number of benzene rings is 1. The number of carbonyl (C=O) groups excluding carboxylic acids is 1. The molecule has 3 N–H and O–H groups in total. The van der Waals surface area contributed by atoms with Crippen LogP contribution >= 0.6 is 0 Å². The maximum atomic E-state index is 11.4. The van der Waals surface area contributed by atoms with Crippen molar-refractivity contribution in [1.29, 1.82) is 0 Å². The number of aliphatic hydroxyl groups is 2. The zero-order chi connectivity index (χ0) is 11.3. The van der Waals surface area contributed by atoms with Crippen LogP contribution in [0.2, 0.25) is 0 Å². The third kappa shape index (κ3) is 3.34. The molecule has 0 heterocycles. The minimum absolute atomic E-state index is 0.146. The number of amides is 1. The van der Waals surface area contributed by atoms with Crippen molar-refractivity contribution in [3.63, 3.8) is 0 Å². The molecule has 1 rings (SSSR count). The van der Waals surface area contributed by atoms with Gasteiger partial charge in [0.2, 0.25) is 0 Å². The molecule has 0 spiro atoms. The first-order chi connectivity index (χ1) is 7.15. The first-order valence-electron chi connectivity index (χ1n) is 4.79. The van der Waals surface area contributed by atoms with E-state index in [1.807, 2.05) is 6.07 Å². The average Bonchev–Trinajstić information content (AvgIpc) is 2.29. The van der Waals surface area contributed by atoms with Crippen LogP contribution in [0.15, 0.2) is 30.3 Å². The Bertz CT molecular complexity index is 313. The van der Waals surface area contributed by atoms with Crippen molar-refractivity contribution >= 4 is 5.91 Å². The number of carbonyl (C=O) groups is 1. The fourth-order valence-electron chi connectivity index (χ4n) is 1.15. The van der Waals surface area contributed by atoms with Crippen molar-refractivity contribution in [2.45, 2.75) is 19.1 Å². The maximum absolute atomic E-state index is 11.4. The summed E-state index contributed by atoms with van der Waals surface area (Å²) in [5.41, 5.74) is 0.542. The topological polar surface area (TPSA) is 69.6 Å². The average molecular weight is 209 g/mol. The molecule has 15 heavy (non-hydrogen) atoms. The van der Waals surface area contributed by atoms with Crippen molar-refractivity contribution in [3.05, 3.63) is 35.9 Å². The number of hydrogen-bond donors (Lipinski definition) is 3. The minimum Gasteiger partial charge on any atom is -0.394 e. The molecule has 2 atom stereocenters. The van der Waals surface area contributed by atoms with Crippen LogP contribution in [-0.2, 0) is 4.79 Å². The molecule has 0 saturated carbocycles. The lowest BCUT2D eigenvalue weighted by Gasteiger charge is -2.15. The Balaban J connectivity index is 2.61. The van der Waals surface area contributed by atoms with Gasteiger partial charge in [-0.25, -0.2) is 0 Å². The van der Waals surface area contributed by atoms with Crippen LogP contribution in [0.4, 0.5) is 0 Å². The quantitative estimate of drug-likeness (QED) is 0.664. The Morgan fingerprint density at radius 3 is 2.53 bits per heavy atom. The summed E-state index contributed by atoms with van der Waals surface area (Å²) in [5, 5.41) is 20.9. The van der Waals surface area contributed by atoms with E-state index < -0.39 is 12.0 Å². The monoisotopic (exact) mass is 209 g/mol. The molecule has 82 valence electrons. The molecule has 0 aliphatic rings. The first kappa shape index (κ1) is 11.7. The van der Waals surface area contributed by atoms with Crippen LogP contribution in [-0.4, -0.2) is 28.8 Å². The van der Waals surface area contributed by atoms with Gasteiger partial charge in [-0.1, -0.05) is 30.3 Å². The summed E-state index contributed by atoms with van der Waals surface area (Å²) in [6, 6.07) is 8.31. The summed E-state index contributed by atoms with van der Waals surface area (Å²) >= 11 is 0. The molecule has 0 saturated heterocycles. The van der Waals surface area contributed by atoms with Crippen molar-refractivity contribution in [2.24, 2.45) is 0 Å². The second kappa shape index (κ2) is 5.48. The van der Waals surface area contributed by atoms with E-state index in [1.54, 1.807) is 31.2 Å². The summed E-state index contributed by atoms with van der Waals surface area (Å²) < 4.78 is 0. The van der Waals surface area contributed by atoms with Crippen molar-refractivity contribution in [2.75, 3.05) is 6.61 Å². The third-order valence-corrected chi connectivity index (χ3v) is 2.03. The lowest BCUT2D eigenvalue weighted by atomic mass is 10.1. The van der Waals surface area contributed by atoms with Crippen LogP contribution in [0.3, 0.4) is 0 Å². The Labute approximate surface area is 88.6 Å². The molecule has 0 radical (unpaired) electrons. The Morgan fingerprint density at radius 2 is 2.00 bits per heavy atom. The second-order valence-corrected chi connectivity index (χ2v) is 3.41. The molecule has 0 aromatic heterocycles. The van der Waals surface area contributed by atoms with E-state index in [-0.39, 0.29) is 12.6 Å². The van der Waals surface area contributed by atoms with Gasteiger partial charge in [0.05, 0.1) is 6.61 Å². The fourth-order valence-corrected chi connectivity index (χ4v) is 1.15. The van der Waals surface area contributed by atoms with Crippen LogP contribution in [0.1, 0.15) is 18.6 Å². The van der Waals surface area contributed by atoms with Gasteiger partial charge < -0.3 is 15.5 Å². The molecule has 0 aliphatic carbocycles. The smallest absolute Gasteiger partial charge is 0.253 e. The molecular weight excluding hydrogens is 194 g/mol. The number of hydrogen-bond acceptors (Lipinski definition) is 3. The van der Waals surface area contributed by atoms with Gasteiger partial charge in [0.25, 0.3) is 5.91 Å². The van der Waals surface area contributed by atoms with Gasteiger partial charge in [-0.05, 0) is 12.5 Å². The van der Waals surface area contributed by atoms with Gasteiger partial charge in [0, 0.05) is 6.04 Å². The SMILES string of the molecule is C[C@@H](CO)NC(=O)[C@@H](O)c1ccccc1. The zero-order valence-corrected chi connectivity index (χ0v) is 8.55. The third-order valence-electron chi connectivity index (χ3n) is 2.03. The van der Waals surface area contributed by atoms with E-state index in [2.05, 4.69) is 5.32 Å². The number of aliphatic hydroxyl groups excluding tert-OH is 2. The van der Waals surface area contributed by atoms with E-state index in [9.17, 15) is 9.90 Å². The Morgan fingerprint density at radius 1 is 1.40 bits per heavy atom. The highest BCUT2D eigenvalue weighted by molar-refractivity contribution is 5.82. The van der Waals surface area contributed by atoms with Gasteiger partial charge in [-0.2, -0.15) is 0 Å². The molecule has 0 aliphatic heterocycles.